The summed E-state index contributed by atoms with van der Waals surface area (Å²) in [6.07, 6.45) is 0. The zero-order chi connectivity index (χ0) is 13.1. The van der Waals surface area contributed by atoms with Crippen LogP contribution >= 0.6 is 38.9 Å². The second-order valence-corrected chi connectivity index (χ2v) is 6.57. The van der Waals surface area contributed by atoms with Crippen LogP contribution in [0.15, 0.2) is 34.1 Å². The standard InChI is InChI=1S/C13H13BrClNOS/c1-16-12(11-7-10(15)13(14)18-11)8-3-5-9(17-2)6-4-8/h3-7,12,16H,1-2H3. The smallest absolute Gasteiger partial charge is 0.118 e. The van der Waals surface area contributed by atoms with Crippen molar-refractivity contribution >= 4 is 38.9 Å². The first kappa shape index (κ1) is 13.9. The Hall–Kier alpha value is -0.550. The molecule has 0 saturated carbocycles. The molecule has 0 saturated heterocycles. The molecule has 0 radical (unpaired) electrons. The molecule has 0 aliphatic heterocycles. The van der Waals surface area contributed by atoms with E-state index in [-0.39, 0.29) is 6.04 Å². The van der Waals surface area contributed by atoms with Crippen molar-refractivity contribution in [1.82, 2.24) is 5.32 Å². The lowest BCUT2D eigenvalue weighted by atomic mass is 10.1. The van der Waals surface area contributed by atoms with E-state index in [9.17, 15) is 0 Å². The molecule has 1 heterocycles. The summed E-state index contributed by atoms with van der Waals surface area (Å²) in [7, 11) is 3.61. The van der Waals surface area contributed by atoms with Gasteiger partial charge in [-0.05, 0) is 46.7 Å². The number of halogens is 2. The Labute approximate surface area is 124 Å². The molecule has 1 aromatic carbocycles. The average molecular weight is 347 g/mol. The van der Waals surface area contributed by atoms with Gasteiger partial charge in [-0.3, -0.25) is 0 Å². The fourth-order valence-corrected chi connectivity index (χ4v) is 3.66. The van der Waals surface area contributed by atoms with E-state index in [1.165, 1.54) is 10.4 Å². The van der Waals surface area contributed by atoms with Crippen molar-refractivity contribution in [3.63, 3.8) is 0 Å². The molecule has 0 spiro atoms. The Morgan fingerprint density at radius 1 is 1.33 bits per heavy atom. The number of ether oxygens (including phenoxy) is 1. The number of nitrogens with one attached hydrogen (secondary N) is 1. The van der Waals surface area contributed by atoms with Crippen molar-refractivity contribution in [3.05, 3.63) is 49.6 Å². The Balaban J connectivity index is 2.32. The Morgan fingerprint density at radius 3 is 2.44 bits per heavy atom. The lowest BCUT2D eigenvalue weighted by Crippen LogP contribution is -2.16. The van der Waals surface area contributed by atoms with Crippen molar-refractivity contribution in [3.8, 4) is 5.75 Å². The second kappa shape index (κ2) is 6.06. The largest absolute Gasteiger partial charge is 0.497 e. The summed E-state index contributed by atoms with van der Waals surface area (Å²) in [5, 5.41) is 4.06. The van der Waals surface area contributed by atoms with Crippen LogP contribution in [0.4, 0.5) is 0 Å². The van der Waals surface area contributed by atoms with Crippen LogP contribution in [-0.2, 0) is 0 Å². The molecule has 1 aromatic heterocycles. The van der Waals surface area contributed by atoms with E-state index < -0.39 is 0 Å². The second-order valence-electron chi connectivity index (χ2n) is 3.77. The van der Waals surface area contributed by atoms with Crippen molar-refractivity contribution in [1.29, 1.82) is 0 Å². The van der Waals surface area contributed by atoms with Gasteiger partial charge in [0.1, 0.15) is 5.75 Å². The van der Waals surface area contributed by atoms with Crippen molar-refractivity contribution in [2.24, 2.45) is 0 Å². The van der Waals surface area contributed by atoms with Gasteiger partial charge in [-0.2, -0.15) is 0 Å². The first-order chi connectivity index (χ1) is 8.65. The van der Waals surface area contributed by atoms with Crippen molar-refractivity contribution in [2.45, 2.75) is 6.04 Å². The van der Waals surface area contributed by atoms with E-state index >= 15 is 0 Å². The third-order valence-electron chi connectivity index (χ3n) is 2.69. The van der Waals surface area contributed by atoms with Gasteiger partial charge in [0.25, 0.3) is 0 Å². The predicted molar refractivity (Wildman–Crippen MR) is 80.9 cm³/mol. The predicted octanol–water partition coefficient (Wildman–Crippen LogP) is 4.48. The highest BCUT2D eigenvalue weighted by Gasteiger charge is 2.16. The van der Waals surface area contributed by atoms with E-state index in [1.807, 2.05) is 25.2 Å². The Bertz CT molecular complexity index is 507. The third kappa shape index (κ3) is 2.88. The van der Waals surface area contributed by atoms with E-state index in [0.717, 1.165) is 14.6 Å². The van der Waals surface area contributed by atoms with Gasteiger partial charge in [0, 0.05) is 4.88 Å². The summed E-state index contributed by atoms with van der Waals surface area (Å²) in [5.74, 6) is 0.860. The fraction of sp³-hybridized carbons (Fsp3) is 0.231. The molecule has 96 valence electrons. The van der Waals surface area contributed by atoms with E-state index in [0.29, 0.717) is 0 Å². The summed E-state index contributed by atoms with van der Waals surface area (Å²) in [5.41, 5.74) is 1.18. The topological polar surface area (TPSA) is 21.3 Å². The summed E-state index contributed by atoms with van der Waals surface area (Å²) in [6.45, 7) is 0. The number of benzene rings is 1. The van der Waals surface area contributed by atoms with Crippen LogP contribution in [0.3, 0.4) is 0 Å². The highest BCUT2D eigenvalue weighted by Crippen LogP contribution is 2.37. The molecule has 2 rings (SSSR count). The number of rotatable bonds is 4. The van der Waals surface area contributed by atoms with Crippen LogP contribution in [0, 0.1) is 0 Å². The van der Waals surface area contributed by atoms with Crippen LogP contribution in [0.2, 0.25) is 5.02 Å². The maximum absolute atomic E-state index is 6.08. The molecule has 0 aliphatic carbocycles. The van der Waals surface area contributed by atoms with Gasteiger partial charge < -0.3 is 10.1 Å². The average Bonchev–Trinajstić information content (AvgIpc) is 2.71. The molecule has 5 heteroatoms. The Morgan fingerprint density at radius 2 is 2.00 bits per heavy atom. The van der Waals surface area contributed by atoms with Crippen LogP contribution in [0.5, 0.6) is 5.75 Å². The summed E-state index contributed by atoms with van der Waals surface area (Å²) < 4.78 is 6.13. The van der Waals surface area contributed by atoms with Crippen molar-refractivity contribution in [2.75, 3.05) is 14.2 Å². The minimum absolute atomic E-state index is 0.143. The maximum Gasteiger partial charge on any atom is 0.118 e. The first-order valence-corrected chi connectivity index (χ1v) is 7.40. The molecule has 2 nitrogen and oxygen atoms in total. The van der Waals surface area contributed by atoms with Crippen molar-refractivity contribution < 1.29 is 4.74 Å². The summed E-state index contributed by atoms with van der Waals surface area (Å²) in [4.78, 5) is 1.18. The van der Waals surface area contributed by atoms with Gasteiger partial charge in [-0.15, -0.1) is 11.3 Å². The van der Waals surface area contributed by atoms with Gasteiger partial charge in [0.2, 0.25) is 0 Å². The molecule has 0 amide bonds. The monoisotopic (exact) mass is 345 g/mol. The molecule has 18 heavy (non-hydrogen) atoms. The molecule has 1 atom stereocenters. The highest BCUT2D eigenvalue weighted by atomic mass is 79.9. The molecular formula is C13H13BrClNOS. The zero-order valence-electron chi connectivity index (χ0n) is 10.0. The Kier molecular flexibility index (Phi) is 4.67. The van der Waals surface area contributed by atoms with Crippen LogP contribution < -0.4 is 10.1 Å². The van der Waals surface area contributed by atoms with Crippen LogP contribution in [0.1, 0.15) is 16.5 Å². The molecule has 1 unspecified atom stereocenters. The minimum atomic E-state index is 0.143. The highest BCUT2D eigenvalue weighted by molar-refractivity contribution is 9.11. The molecule has 2 aromatic rings. The van der Waals surface area contributed by atoms with E-state index in [2.05, 4.69) is 33.4 Å². The molecule has 1 N–H and O–H groups in total. The third-order valence-corrected chi connectivity index (χ3v) is 5.23. The maximum atomic E-state index is 6.08. The first-order valence-electron chi connectivity index (χ1n) is 5.41. The molecule has 0 aliphatic rings. The number of methoxy groups -OCH3 is 1. The quantitative estimate of drug-likeness (QED) is 0.881. The number of hydrogen-bond acceptors (Lipinski definition) is 3. The summed E-state index contributed by atoms with van der Waals surface area (Å²) >= 11 is 11.2. The molecule has 0 bridgehead atoms. The lowest BCUT2D eigenvalue weighted by molar-refractivity contribution is 0.414. The SMILES string of the molecule is CNC(c1ccc(OC)cc1)c1cc(Cl)c(Br)s1. The summed E-state index contributed by atoms with van der Waals surface area (Å²) in [6, 6.07) is 10.2. The molecular weight excluding hydrogens is 334 g/mol. The minimum Gasteiger partial charge on any atom is -0.497 e. The van der Waals surface area contributed by atoms with Gasteiger partial charge in [0.05, 0.1) is 22.0 Å². The number of thiophene rings is 1. The van der Waals surface area contributed by atoms with E-state index in [1.54, 1.807) is 18.4 Å². The van der Waals surface area contributed by atoms with Gasteiger partial charge in [-0.25, -0.2) is 0 Å². The van der Waals surface area contributed by atoms with Crippen LogP contribution in [-0.4, -0.2) is 14.2 Å². The lowest BCUT2D eigenvalue weighted by Gasteiger charge is -2.15. The number of hydrogen-bond donors (Lipinski definition) is 1. The van der Waals surface area contributed by atoms with E-state index in [4.69, 9.17) is 16.3 Å². The molecule has 0 fully saturated rings. The van der Waals surface area contributed by atoms with Gasteiger partial charge >= 0.3 is 0 Å². The zero-order valence-corrected chi connectivity index (χ0v) is 13.2. The van der Waals surface area contributed by atoms with Crippen LogP contribution in [0.25, 0.3) is 0 Å². The van der Waals surface area contributed by atoms with Gasteiger partial charge in [-0.1, -0.05) is 23.7 Å². The normalized spacial score (nSPS) is 12.4. The van der Waals surface area contributed by atoms with Gasteiger partial charge in [0.15, 0.2) is 0 Å². The fourth-order valence-electron chi connectivity index (χ4n) is 1.78.